The first-order valence-corrected chi connectivity index (χ1v) is 6.92. The molecule has 0 aromatic rings. The lowest BCUT2D eigenvalue weighted by atomic mass is 9.94. The number of allylic oxidation sites excluding steroid dienone is 2. The van der Waals surface area contributed by atoms with Gasteiger partial charge in [0.1, 0.15) is 12.2 Å². The van der Waals surface area contributed by atoms with Gasteiger partial charge in [0.2, 0.25) is 0 Å². The van der Waals surface area contributed by atoms with Gasteiger partial charge in [0.05, 0.1) is 12.3 Å². The zero-order chi connectivity index (χ0) is 14.0. The van der Waals surface area contributed by atoms with Crippen molar-refractivity contribution in [3.05, 3.63) is 12.2 Å². The molecule has 4 heteroatoms. The van der Waals surface area contributed by atoms with E-state index in [4.69, 9.17) is 9.47 Å². The molecule has 2 unspecified atom stereocenters. The van der Waals surface area contributed by atoms with Crippen molar-refractivity contribution >= 4 is 11.9 Å². The molecule has 106 valence electrons. The molecule has 19 heavy (non-hydrogen) atoms. The molecule has 0 saturated heterocycles. The summed E-state index contributed by atoms with van der Waals surface area (Å²) < 4.78 is 10.3. The predicted molar refractivity (Wildman–Crippen MR) is 70.3 cm³/mol. The summed E-state index contributed by atoms with van der Waals surface area (Å²) >= 11 is 0. The third-order valence-electron chi connectivity index (χ3n) is 3.55. The number of carbonyl (C=O) groups is 2. The molecule has 1 fully saturated rings. The Bertz CT molecular complexity index is 391. The Hall–Kier alpha value is -1.32. The van der Waals surface area contributed by atoms with Crippen molar-refractivity contribution < 1.29 is 19.1 Å². The second kappa shape index (κ2) is 5.35. The number of rotatable bonds is 4. The molecule has 0 spiro atoms. The van der Waals surface area contributed by atoms with Gasteiger partial charge in [-0.2, -0.15) is 0 Å². The third kappa shape index (κ3) is 3.82. The van der Waals surface area contributed by atoms with E-state index in [2.05, 4.69) is 12.2 Å². The molecule has 4 nitrogen and oxygen atoms in total. The minimum absolute atomic E-state index is 0.00589. The quantitative estimate of drug-likeness (QED) is 0.579. The Kier molecular flexibility index (Phi) is 3.97. The Morgan fingerprint density at radius 1 is 1.21 bits per heavy atom. The number of carbonyl (C=O) groups excluding carboxylic acids is 2. The van der Waals surface area contributed by atoms with E-state index in [0.717, 1.165) is 12.8 Å². The van der Waals surface area contributed by atoms with Crippen molar-refractivity contribution in [1.82, 2.24) is 0 Å². The van der Waals surface area contributed by atoms with Crippen LogP contribution in [0.2, 0.25) is 0 Å². The van der Waals surface area contributed by atoms with E-state index in [1.54, 1.807) is 0 Å². The average Bonchev–Trinajstić information content (AvgIpc) is 2.87. The highest BCUT2D eigenvalue weighted by molar-refractivity contribution is 5.75. The molecule has 1 saturated carbocycles. The molecule has 0 N–H and O–H groups in total. The molecule has 3 atom stereocenters. The SMILES string of the molecule is CC(C)(C)OC(=O)CCOC(=O)C1CC2C=C[C@@H]1C2. The van der Waals surface area contributed by atoms with Gasteiger partial charge in [-0.15, -0.1) is 0 Å². The second-order valence-corrected chi connectivity index (χ2v) is 6.39. The Labute approximate surface area is 114 Å². The van der Waals surface area contributed by atoms with Gasteiger partial charge in [-0.25, -0.2) is 0 Å². The van der Waals surface area contributed by atoms with E-state index >= 15 is 0 Å². The number of esters is 2. The number of hydrogen-bond donors (Lipinski definition) is 0. The van der Waals surface area contributed by atoms with Gasteiger partial charge in [-0.3, -0.25) is 9.59 Å². The Balaban J connectivity index is 1.67. The maximum atomic E-state index is 11.9. The van der Waals surface area contributed by atoms with Gasteiger partial charge in [0.15, 0.2) is 0 Å². The van der Waals surface area contributed by atoms with Gasteiger partial charge < -0.3 is 9.47 Å². The minimum Gasteiger partial charge on any atom is -0.465 e. The fourth-order valence-electron chi connectivity index (χ4n) is 2.79. The lowest BCUT2D eigenvalue weighted by molar-refractivity contribution is -0.158. The van der Waals surface area contributed by atoms with Crippen molar-refractivity contribution in [2.45, 2.75) is 45.6 Å². The maximum Gasteiger partial charge on any atom is 0.309 e. The van der Waals surface area contributed by atoms with Crippen molar-refractivity contribution in [2.24, 2.45) is 17.8 Å². The maximum absolute atomic E-state index is 11.9. The van der Waals surface area contributed by atoms with Crippen LogP contribution in [0.5, 0.6) is 0 Å². The fourth-order valence-corrected chi connectivity index (χ4v) is 2.79. The summed E-state index contributed by atoms with van der Waals surface area (Å²) in [4.78, 5) is 23.4. The molecule has 0 amide bonds. The second-order valence-electron chi connectivity index (χ2n) is 6.39. The Morgan fingerprint density at radius 3 is 2.47 bits per heavy atom. The monoisotopic (exact) mass is 266 g/mol. The summed E-state index contributed by atoms with van der Waals surface area (Å²) in [6.45, 7) is 5.57. The Morgan fingerprint density at radius 2 is 1.95 bits per heavy atom. The number of ether oxygens (including phenoxy) is 2. The molecule has 0 heterocycles. The summed E-state index contributed by atoms with van der Waals surface area (Å²) in [6.07, 6.45) is 6.40. The fraction of sp³-hybridized carbons (Fsp3) is 0.733. The van der Waals surface area contributed by atoms with Gasteiger partial charge in [0.25, 0.3) is 0 Å². The molecule has 0 aromatic carbocycles. The predicted octanol–water partition coefficient (Wildman–Crippen LogP) is 2.47. The highest BCUT2D eigenvalue weighted by Crippen LogP contribution is 2.43. The number of hydrogen-bond acceptors (Lipinski definition) is 4. The van der Waals surface area contributed by atoms with Crippen molar-refractivity contribution in [3.8, 4) is 0 Å². The summed E-state index contributed by atoms with van der Waals surface area (Å²) in [5.41, 5.74) is -0.490. The van der Waals surface area contributed by atoms with E-state index in [-0.39, 0.29) is 30.9 Å². The van der Waals surface area contributed by atoms with Crippen LogP contribution >= 0.6 is 0 Å². The molecular formula is C15H22O4. The van der Waals surface area contributed by atoms with E-state index < -0.39 is 5.60 Å². The average molecular weight is 266 g/mol. The van der Waals surface area contributed by atoms with Gasteiger partial charge in [-0.1, -0.05) is 12.2 Å². The lowest BCUT2D eigenvalue weighted by Crippen LogP contribution is -2.26. The van der Waals surface area contributed by atoms with Crippen LogP contribution < -0.4 is 0 Å². The molecule has 2 bridgehead atoms. The van der Waals surface area contributed by atoms with E-state index in [1.165, 1.54) is 0 Å². The first-order valence-electron chi connectivity index (χ1n) is 6.92. The highest BCUT2D eigenvalue weighted by Gasteiger charge is 2.40. The lowest BCUT2D eigenvalue weighted by Gasteiger charge is -2.20. The van der Waals surface area contributed by atoms with Gasteiger partial charge in [-0.05, 0) is 45.4 Å². The smallest absolute Gasteiger partial charge is 0.309 e. The molecule has 0 aliphatic heterocycles. The topological polar surface area (TPSA) is 52.6 Å². The highest BCUT2D eigenvalue weighted by atomic mass is 16.6. The van der Waals surface area contributed by atoms with Crippen molar-refractivity contribution in [2.75, 3.05) is 6.61 Å². The van der Waals surface area contributed by atoms with E-state index in [0.29, 0.717) is 11.8 Å². The summed E-state index contributed by atoms with van der Waals surface area (Å²) in [5, 5.41) is 0. The zero-order valence-electron chi connectivity index (χ0n) is 11.8. The molecule has 2 aliphatic carbocycles. The number of fused-ring (bicyclic) bond motifs is 2. The van der Waals surface area contributed by atoms with Crippen molar-refractivity contribution in [3.63, 3.8) is 0 Å². The summed E-state index contributed by atoms with van der Waals surface area (Å²) in [5.74, 6) is 0.398. The van der Waals surface area contributed by atoms with E-state index in [9.17, 15) is 9.59 Å². The van der Waals surface area contributed by atoms with Crippen LogP contribution in [0.25, 0.3) is 0 Å². The van der Waals surface area contributed by atoms with Gasteiger partial charge in [0, 0.05) is 0 Å². The van der Waals surface area contributed by atoms with Crippen LogP contribution in [0.15, 0.2) is 12.2 Å². The zero-order valence-corrected chi connectivity index (χ0v) is 11.8. The first-order chi connectivity index (χ1) is 8.85. The van der Waals surface area contributed by atoms with Crippen LogP contribution in [0.1, 0.15) is 40.0 Å². The van der Waals surface area contributed by atoms with Crippen LogP contribution in [0.4, 0.5) is 0 Å². The van der Waals surface area contributed by atoms with Gasteiger partial charge >= 0.3 is 11.9 Å². The molecule has 0 radical (unpaired) electrons. The molecular weight excluding hydrogens is 244 g/mol. The summed E-state index contributed by atoms with van der Waals surface area (Å²) in [6, 6.07) is 0. The van der Waals surface area contributed by atoms with Crippen LogP contribution in [0, 0.1) is 17.8 Å². The third-order valence-corrected chi connectivity index (χ3v) is 3.55. The molecule has 2 aliphatic rings. The minimum atomic E-state index is -0.490. The largest absolute Gasteiger partial charge is 0.465 e. The normalized spacial score (nSPS) is 28.5. The van der Waals surface area contributed by atoms with Crippen molar-refractivity contribution in [1.29, 1.82) is 0 Å². The molecule has 0 aromatic heterocycles. The van der Waals surface area contributed by atoms with Crippen LogP contribution in [-0.2, 0) is 19.1 Å². The van der Waals surface area contributed by atoms with E-state index in [1.807, 2.05) is 20.8 Å². The standard InChI is InChI=1S/C15H22O4/c1-15(2,3)19-13(16)6-7-18-14(17)12-9-10-4-5-11(12)8-10/h4-5,10-12H,6-9H2,1-3H3/t10?,11-,12?/m1/s1. The van der Waals surface area contributed by atoms with Crippen LogP contribution in [-0.4, -0.2) is 24.1 Å². The van der Waals surface area contributed by atoms with Crippen LogP contribution in [0.3, 0.4) is 0 Å². The molecule has 2 rings (SSSR count). The summed E-state index contributed by atoms with van der Waals surface area (Å²) in [7, 11) is 0. The first kappa shape index (κ1) is 14.1.